The molecule has 1 heterocycles. The number of carbonyl (C=O) groups is 2. The van der Waals surface area contributed by atoms with E-state index in [9.17, 15) is 18.0 Å². The molecule has 1 amide bonds. The van der Waals surface area contributed by atoms with E-state index in [-0.39, 0.29) is 10.5 Å². The van der Waals surface area contributed by atoms with E-state index in [1.807, 2.05) is 13.8 Å². The van der Waals surface area contributed by atoms with Gasteiger partial charge in [-0.3, -0.25) is 4.79 Å². The van der Waals surface area contributed by atoms with Gasteiger partial charge in [0.2, 0.25) is 10.0 Å². The summed E-state index contributed by atoms with van der Waals surface area (Å²) in [4.78, 5) is 23.8. The molecule has 1 saturated heterocycles. The Labute approximate surface area is 159 Å². The van der Waals surface area contributed by atoms with Crippen molar-refractivity contribution in [3.63, 3.8) is 0 Å². The summed E-state index contributed by atoms with van der Waals surface area (Å²) in [5, 5.41) is 11.5. The molecule has 0 aliphatic carbocycles. The minimum absolute atomic E-state index is 0.118. The monoisotopic (exact) mass is 398 g/mol. The molecule has 1 aliphatic heterocycles. The number of hydrogen-bond donors (Lipinski definition) is 2. The molecule has 3 atom stereocenters. The van der Waals surface area contributed by atoms with Gasteiger partial charge in [0, 0.05) is 18.7 Å². The Morgan fingerprint density at radius 2 is 1.78 bits per heavy atom. The number of carbonyl (C=O) groups excluding carboxylic acids is 2. The molecular formula is C18H26N2O6S. The largest absolute Gasteiger partial charge is 0.467 e. The van der Waals surface area contributed by atoms with E-state index in [0.717, 1.165) is 13.5 Å². The maximum atomic E-state index is 12.8. The summed E-state index contributed by atoms with van der Waals surface area (Å²) in [5.74, 6) is -0.786. The first kappa shape index (κ1) is 21.3. The highest BCUT2D eigenvalue weighted by atomic mass is 32.2. The van der Waals surface area contributed by atoms with Crippen molar-refractivity contribution in [3.05, 3.63) is 29.8 Å². The van der Waals surface area contributed by atoms with Crippen LogP contribution in [0.25, 0.3) is 0 Å². The molecule has 1 aliphatic rings. The Kier molecular flexibility index (Phi) is 6.96. The Morgan fingerprint density at radius 1 is 1.22 bits per heavy atom. The van der Waals surface area contributed by atoms with Crippen LogP contribution in [0.3, 0.4) is 0 Å². The smallest absolute Gasteiger partial charge is 0.330 e. The summed E-state index contributed by atoms with van der Waals surface area (Å²) in [6.45, 7) is 4.42. The number of aliphatic hydroxyl groups excluding tert-OH is 1. The highest BCUT2D eigenvalue weighted by Gasteiger charge is 2.31. The van der Waals surface area contributed by atoms with Crippen molar-refractivity contribution in [1.82, 2.24) is 9.62 Å². The van der Waals surface area contributed by atoms with Crippen LogP contribution < -0.4 is 5.32 Å². The third-order valence-electron chi connectivity index (χ3n) is 4.56. The summed E-state index contributed by atoms with van der Waals surface area (Å²) < 4.78 is 31.7. The summed E-state index contributed by atoms with van der Waals surface area (Å²) in [6.07, 6.45) is 0.997. The number of aliphatic hydroxyl groups is 1. The lowest BCUT2D eigenvalue weighted by molar-refractivity contribution is -0.143. The van der Waals surface area contributed by atoms with Crippen LogP contribution in [0.2, 0.25) is 0 Å². The standard InChI is InChI=1S/C18H26N2O6S/c1-12-8-13(2)10-20(9-12)27(24,25)15-6-4-14(5-7-15)17(22)19-16(11-21)18(23)26-3/h4-7,12-13,16,21H,8-11H2,1-3H3,(H,19,22)/t12-,13+,16-/m0/s1. The molecular weight excluding hydrogens is 372 g/mol. The number of ether oxygens (including phenoxy) is 1. The Bertz CT molecular complexity index is 768. The third-order valence-corrected chi connectivity index (χ3v) is 6.41. The molecule has 1 aromatic rings. The maximum absolute atomic E-state index is 12.8. The average Bonchev–Trinajstić information content (AvgIpc) is 2.64. The Hall–Kier alpha value is -1.97. The lowest BCUT2D eigenvalue weighted by Gasteiger charge is -2.34. The van der Waals surface area contributed by atoms with Crippen molar-refractivity contribution in [2.75, 3.05) is 26.8 Å². The van der Waals surface area contributed by atoms with Crippen LogP contribution in [0, 0.1) is 11.8 Å². The second kappa shape index (κ2) is 8.81. The first-order chi connectivity index (χ1) is 12.7. The maximum Gasteiger partial charge on any atom is 0.330 e. The summed E-state index contributed by atoms with van der Waals surface area (Å²) in [7, 11) is -2.48. The van der Waals surface area contributed by atoms with E-state index in [2.05, 4.69) is 10.1 Å². The highest BCUT2D eigenvalue weighted by molar-refractivity contribution is 7.89. The van der Waals surface area contributed by atoms with Gasteiger partial charge >= 0.3 is 5.97 Å². The SMILES string of the molecule is COC(=O)[C@H](CO)NC(=O)c1ccc(S(=O)(=O)N2C[C@H](C)C[C@H](C)C2)cc1. The molecule has 1 aromatic carbocycles. The molecule has 27 heavy (non-hydrogen) atoms. The van der Waals surface area contributed by atoms with Crippen LogP contribution in [-0.2, 0) is 19.6 Å². The first-order valence-electron chi connectivity index (χ1n) is 8.78. The second-order valence-corrected chi connectivity index (χ2v) is 8.96. The number of piperidine rings is 1. The van der Waals surface area contributed by atoms with Gasteiger partial charge in [-0.2, -0.15) is 4.31 Å². The molecule has 8 nitrogen and oxygen atoms in total. The molecule has 0 spiro atoms. The first-order valence-corrected chi connectivity index (χ1v) is 10.2. The zero-order valence-corrected chi connectivity index (χ0v) is 16.5. The zero-order valence-electron chi connectivity index (χ0n) is 15.7. The van der Waals surface area contributed by atoms with Gasteiger partial charge in [0.15, 0.2) is 6.04 Å². The van der Waals surface area contributed by atoms with Crippen molar-refractivity contribution >= 4 is 21.9 Å². The van der Waals surface area contributed by atoms with Crippen LogP contribution in [0.5, 0.6) is 0 Å². The Morgan fingerprint density at radius 3 is 2.26 bits per heavy atom. The number of methoxy groups -OCH3 is 1. The topological polar surface area (TPSA) is 113 Å². The van der Waals surface area contributed by atoms with Gasteiger partial charge in [-0.1, -0.05) is 13.8 Å². The fourth-order valence-corrected chi connectivity index (χ4v) is 4.97. The van der Waals surface area contributed by atoms with Gasteiger partial charge in [0.25, 0.3) is 5.91 Å². The molecule has 150 valence electrons. The molecule has 2 N–H and O–H groups in total. The van der Waals surface area contributed by atoms with Gasteiger partial charge in [-0.25, -0.2) is 13.2 Å². The molecule has 0 aromatic heterocycles. The van der Waals surface area contributed by atoms with E-state index in [4.69, 9.17) is 5.11 Å². The second-order valence-electron chi connectivity index (χ2n) is 7.02. The van der Waals surface area contributed by atoms with Crippen molar-refractivity contribution < 1.29 is 27.9 Å². The number of amides is 1. The van der Waals surface area contributed by atoms with Crippen LogP contribution in [-0.4, -0.2) is 62.6 Å². The van der Waals surface area contributed by atoms with Crippen LogP contribution >= 0.6 is 0 Å². The molecule has 2 rings (SSSR count). The highest BCUT2D eigenvalue weighted by Crippen LogP contribution is 2.26. The zero-order chi connectivity index (χ0) is 20.2. The third kappa shape index (κ3) is 5.06. The normalized spacial score (nSPS) is 22.1. The van der Waals surface area contributed by atoms with Gasteiger partial charge in [0.1, 0.15) is 0 Å². The minimum atomic E-state index is -3.63. The van der Waals surface area contributed by atoms with Crippen LogP contribution in [0.1, 0.15) is 30.6 Å². The number of benzene rings is 1. The van der Waals surface area contributed by atoms with Gasteiger partial charge in [0.05, 0.1) is 18.6 Å². The summed E-state index contributed by atoms with van der Waals surface area (Å²) >= 11 is 0. The van der Waals surface area contributed by atoms with E-state index < -0.39 is 34.5 Å². The van der Waals surface area contributed by atoms with E-state index in [0.29, 0.717) is 24.9 Å². The lowest BCUT2D eigenvalue weighted by atomic mass is 9.94. The molecule has 9 heteroatoms. The number of nitrogens with zero attached hydrogens (tertiary/aromatic N) is 1. The van der Waals surface area contributed by atoms with Crippen LogP contribution in [0.4, 0.5) is 0 Å². The average molecular weight is 398 g/mol. The van der Waals surface area contributed by atoms with E-state index in [1.54, 1.807) is 0 Å². The van der Waals surface area contributed by atoms with Crippen molar-refractivity contribution in [2.24, 2.45) is 11.8 Å². The lowest BCUT2D eigenvalue weighted by Crippen LogP contribution is -2.44. The quantitative estimate of drug-likeness (QED) is 0.679. The number of nitrogens with one attached hydrogen (secondary N) is 1. The summed E-state index contributed by atoms with van der Waals surface area (Å²) in [6, 6.07) is 4.33. The van der Waals surface area contributed by atoms with Gasteiger partial charge in [-0.05, 0) is 42.5 Å². The minimum Gasteiger partial charge on any atom is -0.467 e. The molecule has 0 saturated carbocycles. The van der Waals surface area contributed by atoms with Gasteiger partial charge in [-0.15, -0.1) is 0 Å². The molecule has 1 fully saturated rings. The fraction of sp³-hybridized carbons (Fsp3) is 0.556. The van der Waals surface area contributed by atoms with Crippen molar-refractivity contribution in [3.8, 4) is 0 Å². The predicted octanol–water partition coefficient (Wildman–Crippen LogP) is 0.617. The predicted molar refractivity (Wildman–Crippen MR) is 98.5 cm³/mol. The fourth-order valence-electron chi connectivity index (χ4n) is 3.29. The van der Waals surface area contributed by atoms with Crippen molar-refractivity contribution in [1.29, 1.82) is 0 Å². The van der Waals surface area contributed by atoms with Crippen molar-refractivity contribution in [2.45, 2.75) is 31.2 Å². The summed E-state index contributed by atoms with van der Waals surface area (Å²) in [5.41, 5.74) is 0.177. The molecule has 0 radical (unpaired) electrons. The van der Waals surface area contributed by atoms with E-state index in [1.165, 1.54) is 28.6 Å². The number of sulfonamides is 1. The number of rotatable bonds is 6. The molecule has 0 unspecified atom stereocenters. The number of esters is 1. The molecule has 0 bridgehead atoms. The van der Waals surface area contributed by atoms with Crippen LogP contribution in [0.15, 0.2) is 29.2 Å². The van der Waals surface area contributed by atoms with Gasteiger partial charge < -0.3 is 15.2 Å². The Balaban J connectivity index is 2.14. The van der Waals surface area contributed by atoms with E-state index >= 15 is 0 Å². The number of hydrogen-bond acceptors (Lipinski definition) is 6.